The van der Waals surface area contributed by atoms with Crippen molar-refractivity contribution in [1.29, 1.82) is 0 Å². The molecule has 162 valence electrons. The molecule has 0 saturated carbocycles. The van der Waals surface area contributed by atoms with E-state index < -0.39 is 0 Å². The molecule has 2 heterocycles. The van der Waals surface area contributed by atoms with E-state index in [1.54, 1.807) is 4.90 Å². The Labute approximate surface area is 194 Å². The van der Waals surface area contributed by atoms with Crippen LogP contribution in [0, 0.1) is 0 Å². The lowest BCUT2D eigenvalue weighted by molar-refractivity contribution is -0.135. The lowest BCUT2D eigenvalue weighted by atomic mass is 9.99. The van der Waals surface area contributed by atoms with Gasteiger partial charge in [0.05, 0.1) is 4.91 Å². The molecule has 2 amide bonds. The Hall–Kier alpha value is -1.37. The van der Waals surface area contributed by atoms with Gasteiger partial charge in [-0.1, -0.05) is 61.1 Å². The van der Waals surface area contributed by atoms with Gasteiger partial charge in [-0.15, -0.1) is 0 Å². The fourth-order valence-electron chi connectivity index (χ4n) is 4.02. The maximum Gasteiger partial charge on any atom is 0.266 e. The van der Waals surface area contributed by atoms with Crippen LogP contribution in [-0.2, 0) is 9.59 Å². The molecule has 2 aliphatic heterocycles. The minimum Gasteiger partial charge on any atom is -0.340 e. The number of hydrogen-bond acceptors (Lipinski definition) is 4. The molecule has 2 fully saturated rings. The average molecular weight is 465 g/mol. The van der Waals surface area contributed by atoms with E-state index in [1.165, 1.54) is 18.2 Å². The molecule has 0 radical (unpaired) electrons. The second-order valence-corrected chi connectivity index (χ2v) is 9.95. The van der Waals surface area contributed by atoms with Crippen LogP contribution in [0.2, 0.25) is 5.02 Å². The summed E-state index contributed by atoms with van der Waals surface area (Å²) in [6, 6.07) is 7.81. The molecule has 0 aromatic heterocycles. The molecule has 4 nitrogen and oxygen atoms in total. The first-order chi connectivity index (χ1) is 14.5. The van der Waals surface area contributed by atoms with Crippen LogP contribution < -0.4 is 0 Å². The van der Waals surface area contributed by atoms with Gasteiger partial charge in [0.1, 0.15) is 4.32 Å². The minimum atomic E-state index is -0.0323. The molecular weight excluding hydrogens is 436 g/mol. The molecule has 2 aliphatic rings. The van der Waals surface area contributed by atoms with E-state index in [0.717, 1.165) is 50.6 Å². The zero-order valence-electron chi connectivity index (χ0n) is 17.4. The number of likely N-dealkylation sites (tertiary alicyclic amines) is 1. The highest BCUT2D eigenvalue weighted by Gasteiger charge is 2.31. The smallest absolute Gasteiger partial charge is 0.266 e. The van der Waals surface area contributed by atoms with Gasteiger partial charge in [-0.05, 0) is 62.3 Å². The average Bonchev–Trinajstić information content (AvgIpc) is 3.02. The first kappa shape index (κ1) is 23.3. The maximum absolute atomic E-state index is 12.7. The molecule has 1 atom stereocenters. The number of amides is 2. The van der Waals surface area contributed by atoms with Crippen molar-refractivity contribution in [3.8, 4) is 0 Å². The Kier molecular flexibility index (Phi) is 8.78. The monoisotopic (exact) mass is 464 g/mol. The number of unbranched alkanes of at least 4 members (excludes halogenated alkanes) is 2. The summed E-state index contributed by atoms with van der Waals surface area (Å²) in [6.07, 6.45) is 9.64. The van der Waals surface area contributed by atoms with E-state index in [-0.39, 0.29) is 11.8 Å². The SMILES string of the molecule is CCC1CCCCN1C(=O)CCCCCN1C(=O)/C(=C/c2ccc(Cl)cc2)SC1=S. The summed E-state index contributed by atoms with van der Waals surface area (Å²) in [7, 11) is 0. The summed E-state index contributed by atoms with van der Waals surface area (Å²) in [4.78, 5) is 29.7. The number of hydrogen-bond donors (Lipinski definition) is 0. The van der Waals surface area contributed by atoms with Gasteiger partial charge in [0, 0.05) is 30.6 Å². The summed E-state index contributed by atoms with van der Waals surface area (Å²) in [5, 5.41) is 0.670. The fraction of sp³-hybridized carbons (Fsp3) is 0.522. The zero-order valence-corrected chi connectivity index (χ0v) is 19.8. The summed E-state index contributed by atoms with van der Waals surface area (Å²) in [6.45, 7) is 3.69. The van der Waals surface area contributed by atoms with Gasteiger partial charge in [-0.3, -0.25) is 14.5 Å². The van der Waals surface area contributed by atoms with Crippen LogP contribution in [-0.4, -0.2) is 45.1 Å². The number of benzene rings is 1. The predicted molar refractivity (Wildman–Crippen MR) is 129 cm³/mol. The van der Waals surface area contributed by atoms with Crippen molar-refractivity contribution in [2.24, 2.45) is 0 Å². The molecule has 0 bridgehead atoms. The molecule has 0 N–H and O–H groups in total. The van der Waals surface area contributed by atoms with Gasteiger partial charge in [-0.25, -0.2) is 0 Å². The summed E-state index contributed by atoms with van der Waals surface area (Å²) >= 11 is 12.7. The molecule has 0 spiro atoms. The maximum atomic E-state index is 12.7. The van der Waals surface area contributed by atoms with E-state index in [0.29, 0.717) is 33.3 Å². The standard InChI is InChI=1S/C23H29ClN2O2S2/c1-2-19-8-5-7-14-25(19)21(27)9-4-3-6-15-26-22(28)20(30-23(26)29)16-17-10-12-18(24)13-11-17/h10-13,16,19H,2-9,14-15H2,1H3/b20-16-. The van der Waals surface area contributed by atoms with Crippen molar-refractivity contribution in [1.82, 2.24) is 9.80 Å². The first-order valence-electron chi connectivity index (χ1n) is 10.8. The van der Waals surface area contributed by atoms with Gasteiger partial charge >= 0.3 is 0 Å². The normalized spacial score (nSPS) is 21.0. The number of nitrogens with zero attached hydrogens (tertiary/aromatic N) is 2. The van der Waals surface area contributed by atoms with Crippen LogP contribution >= 0.6 is 35.6 Å². The number of piperidine rings is 1. The molecule has 2 saturated heterocycles. The van der Waals surface area contributed by atoms with Crippen LogP contribution in [0.25, 0.3) is 6.08 Å². The third-order valence-electron chi connectivity index (χ3n) is 5.73. The highest BCUT2D eigenvalue weighted by atomic mass is 35.5. The van der Waals surface area contributed by atoms with E-state index in [4.69, 9.17) is 23.8 Å². The summed E-state index contributed by atoms with van der Waals surface area (Å²) in [5.74, 6) is 0.258. The Balaban J connectivity index is 1.42. The number of thioether (sulfide) groups is 1. The number of thiocarbonyl (C=S) groups is 1. The number of halogens is 1. The van der Waals surface area contributed by atoms with Crippen molar-refractivity contribution in [3.63, 3.8) is 0 Å². The lowest BCUT2D eigenvalue weighted by Gasteiger charge is -2.35. The van der Waals surface area contributed by atoms with Gasteiger partial charge in [0.25, 0.3) is 5.91 Å². The van der Waals surface area contributed by atoms with Crippen molar-refractivity contribution in [3.05, 3.63) is 39.8 Å². The van der Waals surface area contributed by atoms with Crippen molar-refractivity contribution in [2.75, 3.05) is 13.1 Å². The largest absolute Gasteiger partial charge is 0.340 e. The van der Waals surface area contributed by atoms with Crippen LogP contribution in [0.4, 0.5) is 0 Å². The van der Waals surface area contributed by atoms with Crippen LogP contribution in [0.3, 0.4) is 0 Å². The van der Waals surface area contributed by atoms with Crippen molar-refractivity contribution >= 4 is 57.8 Å². The summed E-state index contributed by atoms with van der Waals surface area (Å²) in [5.41, 5.74) is 0.932. The van der Waals surface area contributed by atoms with Crippen LogP contribution in [0.5, 0.6) is 0 Å². The van der Waals surface area contributed by atoms with Gasteiger partial charge in [0.2, 0.25) is 5.91 Å². The Morgan fingerprint density at radius 3 is 2.73 bits per heavy atom. The lowest BCUT2D eigenvalue weighted by Crippen LogP contribution is -2.43. The van der Waals surface area contributed by atoms with E-state index >= 15 is 0 Å². The van der Waals surface area contributed by atoms with Crippen molar-refractivity contribution in [2.45, 2.75) is 64.3 Å². The minimum absolute atomic E-state index is 0.0323. The molecule has 1 aromatic carbocycles. The Morgan fingerprint density at radius 2 is 2.00 bits per heavy atom. The molecule has 0 aliphatic carbocycles. The number of carbonyl (C=O) groups excluding carboxylic acids is 2. The highest BCUT2D eigenvalue weighted by Crippen LogP contribution is 2.33. The highest BCUT2D eigenvalue weighted by molar-refractivity contribution is 8.26. The van der Waals surface area contributed by atoms with Gasteiger partial charge in [0.15, 0.2) is 0 Å². The summed E-state index contributed by atoms with van der Waals surface area (Å²) < 4.78 is 0.607. The topological polar surface area (TPSA) is 40.6 Å². The molecule has 1 unspecified atom stereocenters. The third-order valence-corrected chi connectivity index (χ3v) is 7.36. The van der Waals surface area contributed by atoms with E-state index in [1.807, 2.05) is 30.3 Å². The second-order valence-electron chi connectivity index (χ2n) is 7.84. The van der Waals surface area contributed by atoms with E-state index in [9.17, 15) is 9.59 Å². The second kappa shape index (κ2) is 11.3. The van der Waals surface area contributed by atoms with Crippen LogP contribution in [0.15, 0.2) is 29.2 Å². The van der Waals surface area contributed by atoms with Crippen molar-refractivity contribution < 1.29 is 9.59 Å². The Morgan fingerprint density at radius 1 is 1.23 bits per heavy atom. The molecule has 7 heteroatoms. The number of rotatable bonds is 8. The van der Waals surface area contributed by atoms with Crippen LogP contribution in [0.1, 0.15) is 63.9 Å². The zero-order chi connectivity index (χ0) is 21.5. The number of carbonyl (C=O) groups is 2. The quantitative estimate of drug-likeness (QED) is 0.273. The molecule has 3 rings (SSSR count). The first-order valence-corrected chi connectivity index (χ1v) is 12.4. The predicted octanol–water partition coefficient (Wildman–Crippen LogP) is 5.89. The van der Waals surface area contributed by atoms with Gasteiger partial charge < -0.3 is 4.90 Å². The third kappa shape index (κ3) is 6.08. The molecule has 30 heavy (non-hydrogen) atoms. The molecular formula is C23H29ClN2O2S2. The fourth-order valence-corrected chi connectivity index (χ4v) is 5.46. The molecule has 1 aromatic rings. The van der Waals surface area contributed by atoms with E-state index in [2.05, 4.69) is 11.8 Å². The Bertz CT molecular complexity index is 810. The van der Waals surface area contributed by atoms with Gasteiger partial charge in [-0.2, -0.15) is 0 Å².